The highest BCUT2D eigenvalue weighted by molar-refractivity contribution is 6.00. The van der Waals surface area contributed by atoms with Crippen molar-refractivity contribution in [3.8, 4) is 0 Å². The van der Waals surface area contributed by atoms with Crippen molar-refractivity contribution in [1.82, 2.24) is 4.90 Å². The highest BCUT2D eigenvalue weighted by atomic mass is 16.4. The summed E-state index contributed by atoms with van der Waals surface area (Å²) in [4.78, 5) is 24.7. The first-order chi connectivity index (χ1) is 8.15. The monoisotopic (exact) mass is 233 g/mol. The molecule has 1 aromatic rings. The van der Waals surface area contributed by atoms with Gasteiger partial charge in [0.05, 0.1) is 0 Å². The summed E-state index contributed by atoms with van der Waals surface area (Å²) in [6.45, 7) is 2.33. The van der Waals surface area contributed by atoms with E-state index >= 15 is 0 Å². The number of nitrogens with zero attached hydrogens (tertiary/aromatic N) is 1. The van der Waals surface area contributed by atoms with Crippen LogP contribution in [-0.4, -0.2) is 27.9 Å². The number of carboxylic acids is 1. The van der Waals surface area contributed by atoms with Crippen LogP contribution in [0.2, 0.25) is 0 Å². The van der Waals surface area contributed by atoms with Crippen LogP contribution in [0, 0.1) is 0 Å². The van der Waals surface area contributed by atoms with Crippen molar-refractivity contribution in [3.63, 3.8) is 0 Å². The summed E-state index contributed by atoms with van der Waals surface area (Å²) >= 11 is 0. The zero-order valence-corrected chi connectivity index (χ0v) is 9.72. The van der Waals surface area contributed by atoms with Crippen LogP contribution in [0.3, 0.4) is 0 Å². The first-order valence-electron chi connectivity index (χ1n) is 5.76. The van der Waals surface area contributed by atoms with Gasteiger partial charge in [-0.2, -0.15) is 0 Å². The highest BCUT2D eigenvalue weighted by Gasteiger charge is 2.35. The van der Waals surface area contributed by atoms with Gasteiger partial charge < -0.3 is 10.0 Å². The Morgan fingerprint density at radius 2 is 2.18 bits per heavy atom. The van der Waals surface area contributed by atoms with E-state index in [1.807, 2.05) is 19.1 Å². The number of hydrogen-bond acceptors (Lipinski definition) is 2. The minimum absolute atomic E-state index is 0.165. The third kappa shape index (κ3) is 2.02. The normalized spacial score (nSPS) is 15.8. The predicted octanol–water partition coefficient (Wildman–Crippen LogP) is 1.90. The molecule has 0 spiro atoms. The summed E-state index contributed by atoms with van der Waals surface area (Å²) in [5.74, 6) is -1.09. The van der Waals surface area contributed by atoms with Gasteiger partial charge in [-0.1, -0.05) is 31.5 Å². The molecule has 1 N–H and O–H groups in total. The second-order valence-corrected chi connectivity index (χ2v) is 4.23. The number of carbonyl (C=O) groups is 2. The second-order valence-electron chi connectivity index (χ2n) is 4.23. The lowest BCUT2D eigenvalue weighted by molar-refractivity contribution is -0.142. The second kappa shape index (κ2) is 4.57. The Morgan fingerprint density at radius 3 is 2.76 bits per heavy atom. The Balaban J connectivity index is 2.26. The van der Waals surface area contributed by atoms with E-state index in [9.17, 15) is 9.59 Å². The third-order valence-electron chi connectivity index (χ3n) is 3.07. The maximum atomic E-state index is 12.1. The topological polar surface area (TPSA) is 57.6 Å². The molecule has 1 amide bonds. The molecular weight excluding hydrogens is 218 g/mol. The Labute approximate surface area is 99.9 Å². The molecule has 90 valence electrons. The maximum Gasteiger partial charge on any atom is 0.326 e. The molecule has 2 rings (SSSR count). The maximum absolute atomic E-state index is 12.1. The van der Waals surface area contributed by atoms with Crippen LogP contribution >= 0.6 is 0 Å². The molecular formula is C13H15NO3. The molecule has 1 aliphatic rings. The van der Waals surface area contributed by atoms with Gasteiger partial charge in [0.15, 0.2) is 0 Å². The number of fused-ring (bicyclic) bond motifs is 1. The Kier molecular flexibility index (Phi) is 3.13. The van der Waals surface area contributed by atoms with Gasteiger partial charge in [-0.05, 0) is 18.1 Å². The molecule has 1 aromatic carbocycles. The van der Waals surface area contributed by atoms with Crippen molar-refractivity contribution in [2.75, 3.05) is 0 Å². The molecule has 0 aliphatic carbocycles. The molecule has 4 nitrogen and oxygen atoms in total. The van der Waals surface area contributed by atoms with Gasteiger partial charge >= 0.3 is 5.97 Å². The summed E-state index contributed by atoms with van der Waals surface area (Å²) in [5.41, 5.74) is 1.55. The van der Waals surface area contributed by atoms with E-state index in [-0.39, 0.29) is 5.91 Å². The summed E-state index contributed by atoms with van der Waals surface area (Å²) in [5, 5.41) is 9.17. The van der Waals surface area contributed by atoms with Crippen molar-refractivity contribution in [3.05, 3.63) is 35.4 Å². The van der Waals surface area contributed by atoms with Crippen LogP contribution < -0.4 is 0 Å². The zero-order chi connectivity index (χ0) is 12.4. The van der Waals surface area contributed by atoms with Gasteiger partial charge in [-0.3, -0.25) is 4.79 Å². The number of hydrogen-bond donors (Lipinski definition) is 1. The highest BCUT2D eigenvalue weighted by Crippen LogP contribution is 2.25. The largest absolute Gasteiger partial charge is 0.480 e. The first kappa shape index (κ1) is 11.6. The van der Waals surface area contributed by atoms with E-state index in [1.165, 1.54) is 4.90 Å². The molecule has 0 fully saturated rings. The molecule has 0 saturated heterocycles. The summed E-state index contributed by atoms with van der Waals surface area (Å²) in [7, 11) is 0. The van der Waals surface area contributed by atoms with Crippen LogP contribution in [-0.2, 0) is 11.3 Å². The third-order valence-corrected chi connectivity index (χ3v) is 3.07. The first-order valence-corrected chi connectivity index (χ1v) is 5.76. The number of amides is 1. The number of rotatable bonds is 4. The lowest BCUT2D eigenvalue weighted by Crippen LogP contribution is -2.41. The van der Waals surface area contributed by atoms with E-state index < -0.39 is 12.0 Å². The molecule has 17 heavy (non-hydrogen) atoms. The van der Waals surface area contributed by atoms with Crippen molar-refractivity contribution in [2.45, 2.75) is 32.4 Å². The van der Waals surface area contributed by atoms with Gasteiger partial charge in [0.2, 0.25) is 0 Å². The van der Waals surface area contributed by atoms with E-state index in [4.69, 9.17) is 5.11 Å². The number of benzene rings is 1. The Hall–Kier alpha value is -1.84. The van der Waals surface area contributed by atoms with Gasteiger partial charge in [0.1, 0.15) is 6.04 Å². The van der Waals surface area contributed by atoms with Gasteiger partial charge in [0.25, 0.3) is 5.91 Å². The average Bonchev–Trinajstić information content (AvgIpc) is 2.64. The smallest absolute Gasteiger partial charge is 0.326 e. The summed E-state index contributed by atoms with van der Waals surface area (Å²) in [6.07, 6.45) is 1.24. The molecule has 1 aliphatic heterocycles. The SMILES string of the molecule is CCCC(C(=O)O)N1Cc2ccccc2C1=O. The Morgan fingerprint density at radius 1 is 1.47 bits per heavy atom. The summed E-state index contributed by atoms with van der Waals surface area (Å²) in [6, 6.07) is 6.58. The molecule has 1 unspecified atom stereocenters. The van der Waals surface area contributed by atoms with E-state index in [2.05, 4.69) is 0 Å². The average molecular weight is 233 g/mol. The van der Waals surface area contributed by atoms with Gasteiger partial charge in [-0.25, -0.2) is 4.79 Å². The minimum Gasteiger partial charge on any atom is -0.480 e. The Bertz CT molecular complexity index is 456. The molecule has 0 bridgehead atoms. The number of aliphatic carboxylic acids is 1. The molecule has 4 heteroatoms. The van der Waals surface area contributed by atoms with Gasteiger partial charge in [0, 0.05) is 12.1 Å². The lowest BCUT2D eigenvalue weighted by atomic mass is 10.1. The van der Waals surface area contributed by atoms with Crippen LogP contribution in [0.5, 0.6) is 0 Å². The fraction of sp³-hybridized carbons (Fsp3) is 0.385. The van der Waals surface area contributed by atoms with Gasteiger partial charge in [-0.15, -0.1) is 0 Å². The lowest BCUT2D eigenvalue weighted by Gasteiger charge is -2.23. The molecule has 0 aromatic heterocycles. The fourth-order valence-corrected chi connectivity index (χ4v) is 2.21. The van der Waals surface area contributed by atoms with Crippen LogP contribution in [0.25, 0.3) is 0 Å². The standard InChI is InChI=1S/C13H15NO3/c1-2-5-11(13(16)17)14-8-9-6-3-4-7-10(9)12(14)15/h3-4,6-7,11H,2,5,8H2,1H3,(H,16,17). The van der Waals surface area contributed by atoms with Crippen LogP contribution in [0.4, 0.5) is 0 Å². The predicted molar refractivity (Wildman–Crippen MR) is 62.6 cm³/mol. The minimum atomic E-state index is -0.923. The van der Waals surface area contributed by atoms with E-state index in [0.717, 1.165) is 12.0 Å². The van der Waals surface area contributed by atoms with E-state index in [0.29, 0.717) is 18.5 Å². The number of carbonyl (C=O) groups excluding carboxylic acids is 1. The quantitative estimate of drug-likeness (QED) is 0.864. The summed E-state index contributed by atoms with van der Waals surface area (Å²) < 4.78 is 0. The zero-order valence-electron chi connectivity index (χ0n) is 9.72. The van der Waals surface area contributed by atoms with Crippen molar-refractivity contribution < 1.29 is 14.7 Å². The van der Waals surface area contributed by atoms with Crippen molar-refractivity contribution in [1.29, 1.82) is 0 Å². The molecule has 0 radical (unpaired) electrons. The van der Waals surface area contributed by atoms with Crippen molar-refractivity contribution in [2.24, 2.45) is 0 Å². The number of carboxylic acid groups (broad SMARTS) is 1. The molecule has 0 saturated carbocycles. The van der Waals surface area contributed by atoms with Crippen LogP contribution in [0.1, 0.15) is 35.7 Å². The van der Waals surface area contributed by atoms with Crippen LogP contribution in [0.15, 0.2) is 24.3 Å². The molecule has 1 heterocycles. The van der Waals surface area contributed by atoms with Crippen molar-refractivity contribution >= 4 is 11.9 Å². The van der Waals surface area contributed by atoms with E-state index in [1.54, 1.807) is 12.1 Å². The molecule has 1 atom stereocenters. The fourth-order valence-electron chi connectivity index (χ4n) is 2.21.